The fourth-order valence-corrected chi connectivity index (χ4v) is 3.48. The highest BCUT2D eigenvalue weighted by molar-refractivity contribution is 5.80. The smallest absolute Gasteiger partial charge is 0.191 e. The molecule has 26 heavy (non-hydrogen) atoms. The lowest BCUT2D eigenvalue weighted by atomic mass is 9.87. The third-order valence-electron chi connectivity index (χ3n) is 5.08. The van der Waals surface area contributed by atoms with Crippen molar-refractivity contribution in [3.63, 3.8) is 0 Å². The minimum absolute atomic E-state index is 0.535. The summed E-state index contributed by atoms with van der Waals surface area (Å²) in [6.07, 6.45) is 8.96. The Morgan fingerprint density at radius 3 is 2.69 bits per heavy atom. The molecule has 140 valence electrons. The van der Waals surface area contributed by atoms with Crippen LogP contribution < -0.4 is 10.6 Å². The van der Waals surface area contributed by atoms with Crippen LogP contribution in [-0.2, 0) is 13.1 Å². The van der Waals surface area contributed by atoms with Gasteiger partial charge in [-0.25, -0.2) is 9.98 Å². The zero-order valence-electron chi connectivity index (χ0n) is 16.0. The predicted molar refractivity (Wildman–Crippen MR) is 107 cm³/mol. The number of imidazole rings is 1. The number of nitrogens with one attached hydrogen (secondary N) is 2. The minimum Gasteiger partial charge on any atom is -0.357 e. The molecule has 5 heteroatoms. The highest BCUT2D eigenvalue weighted by atomic mass is 15.2. The van der Waals surface area contributed by atoms with Crippen molar-refractivity contribution < 1.29 is 0 Å². The minimum atomic E-state index is 0.535. The van der Waals surface area contributed by atoms with Crippen LogP contribution in [0.15, 0.2) is 47.7 Å². The van der Waals surface area contributed by atoms with Crippen LogP contribution in [-0.4, -0.2) is 28.1 Å². The van der Waals surface area contributed by atoms with Gasteiger partial charge in [0.1, 0.15) is 12.4 Å². The number of benzene rings is 1. The maximum Gasteiger partial charge on any atom is 0.191 e. The number of aliphatic imine (C=N–C) groups is 1. The van der Waals surface area contributed by atoms with Gasteiger partial charge in [-0.05, 0) is 44.1 Å². The largest absolute Gasteiger partial charge is 0.357 e. The lowest BCUT2D eigenvalue weighted by Gasteiger charge is -2.28. The Bertz CT molecular complexity index is 683. The molecule has 1 aliphatic rings. The van der Waals surface area contributed by atoms with Crippen molar-refractivity contribution in [2.45, 2.75) is 58.7 Å². The van der Waals surface area contributed by atoms with Gasteiger partial charge in [0.05, 0.1) is 0 Å². The van der Waals surface area contributed by atoms with E-state index in [4.69, 9.17) is 4.99 Å². The van der Waals surface area contributed by atoms with E-state index in [-0.39, 0.29) is 0 Å². The Morgan fingerprint density at radius 1 is 1.19 bits per heavy atom. The van der Waals surface area contributed by atoms with Crippen LogP contribution in [0.25, 0.3) is 0 Å². The molecule has 5 nitrogen and oxygen atoms in total. The molecule has 0 bridgehead atoms. The molecule has 0 unspecified atom stereocenters. The normalized spacial score (nSPS) is 20.8. The summed E-state index contributed by atoms with van der Waals surface area (Å²) in [5.74, 6) is 2.75. The maximum absolute atomic E-state index is 4.78. The third kappa shape index (κ3) is 5.35. The number of hydrogen-bond donors (Lipinski definition) is 2. The number of nitrogens with zero attached hydrogens (tertiary/aromatic N) is 3. The van der Waals surface area contributed by atoms with Crippen molar-refractivity contribution in [2.24, 2.45) is 10.9 Å². The lowest BCUT2D eigenvalue weighted by molar-refractivity contribution is 0.329. The molecule has 1 fully saturated rings. The topological polar surface area (TPSA) is 54.2 Å². The summed E-state index contributed by atoms with van der Waals surface area (Å²) in [6, 6.07) is 11.0. The summed E-state index contributed by atoms with van der Waals surface area (Å²) in [5, 5.41) is 6.99. The summed E-state index contributed by atoms with van der Waals surface area (Å²) >= 11 is 0. The Balaban J connectivity index is 1.62. The summed E-state index contributed by atoms with van der Waals surface area (Å²) in [5.41, 5.74) is 1.28. The average molecular weight is 354 g/mol. The molecule has 3 rings (SSSR count). The molecule has 1 aromatic heterocycles. The second-order valence-electron chi connectivity index (χ2n) is 7.25. The molecular formula is C21H31N5. The van der Waals surface area contributed by atoms with E-state index in [0.717, 1.165) is 30.8 Å². The molecule has 0 spiro atoms. The van der Waals surface area contributed by atoms with Gasteiger partial charge in [0.2, 0.25) is 0 Å². The van der Waals surface area contributed by atoms with Crippen molar-refractivity contribution in [3.05, 3.63) is 54.1 Å². The van der Waals surface area contributed by atoms with Crippen LogP contribution in [0.5, 0.6) is 0 Å². The first-order valence-electron chi connectivity index (χ1n) is 9.83. The van der Waals surface area contributed by atoms with Crippen LogP contribution in [0, 0.1) is 5.92 Å². The van der Waals surface area contributed by atoms with Crippen molar-refractivity contribution in [3.8, 4) is 0 Å². The molecule has 0 amide bonds. The number of hydrogen-bond acceptors (Lipinski definition) is 2. The molecule has 1 aliphatic carbocycles. The molecule has 0 saturated heterocycles. The molecule has 1 aromatic carbocycles. The van der Waals surface area contributed by atoms with E-state index in [0.29, 0.717) is 12.6 Å². The Kier molecular flexibility index (Phi) is 6.69. The first-order valence-corrected chi connectivity index (χ1v) is 9.83. The summed E-state index contributed by atoms with van der Waals surface area (Å²) in [4.78, 5) is 9.28. The highest BCUT2D eigenvalue weighted by Gasteiger charge is 2.18. The molecule has 0 aliphatic heterocycles. The molecule has 0 atom stereocenters. The standard InChI is InChI=1S/C21H31N5/c1-3-22-21(25-19-11-9-17(2)10-12-19)24-15-20-23-13-14-26(20)16-18-7-5-4-6-8-18/h4-8,13-14,17,19H,3,9-12,15-16H2,1-2H3,(H2,22,24,25). The summed E-state index contributed by atoms with van der Waals surface area (Å²) in [6.45, 7) is 6.74. The van der Waals surface area contributed by atoms with Crippen molar-refractivity contribution in [1.82, 2.24) is 20.2 Å². The SMILES string of the molecule is CCNC(=NCc1nccn1Cc1ccccc1)NC1CCC(C)CC1. The van der Waals surface area contributed by atoms with Gasteiger partial charge in [0.15, 0.2) is 5.96 Å². The maximum atomic E-state index is 4.78. The van der Waals surface area contributed by atoms with Crippen LogP contribution in [0.1, 0.15) is 50.9 Å². The Morgan fingerprint density at radius 2 is 1.96 bits per heavy atom. The first-order chi connectivity index (χ1) is 12.7. The number of rotatable bonds is 6. The van der Waals surface area contributed by atoms with Gasteiger partial charge in [-0.15, -0.1) is 0 Å². The van der Waals surface area contributed by atoms with Crippen LogP contribution in [0.4, 0.5) is 0 Å². The fraction of sp³-hybridized carbons (Fsp3) is 0.524. The van der Waals surface area contributed by atoms with Crippen molar-refractivity contribution in [2.75, 3.05) is 6.54 Å². The Labute approximate surface area is 156 Å². The van der Waals surface area contributed by atoms with E-state index >= 15 is 0 Å². The van der Waals surface area contributed by atoms with Gasteiger partial charge in [-0.1, -0.05) is 37.3 Å². The van der Waals surface area contributed by atoms with E-state index in [1.54, 1.807) is 0 Å². The number of guanidine groups is 1. The highest BCUT2D eigenvalue weighted by Crippen LogP contribution is 2.23. The third-order valence-corrected chi connectivity index (χ3v) is 5.08. The van der Waals surface area contributed by atoms with Gasteiger partial charge < -0.3 is 15.2 Å². The Hall–Kier alpha value is -2.30. The molecular weight excluding hydrogens is 322 g/mol. The number of aromatic nitrogens is 2. The molecule has 2 N–H and O–H groups in total. The van der Waals surface area contributed by atoms with E-state index < -0.39 is 0 Å². The molecule has 0 radical (unpaired) electrons. The fourth-order valence-electron chi connectivity index (χ4n) is 3.48. The van der Waals surface area contributed by atoms with Crippen molar-refractivity contribution in [1.29, 1.82) is 0 Å². The van der Waals surface area contributed by atoms with Gasteiger partial charge in [0.25, 0.3) is 0 Å². The lowest BCUT2D eigenvalue weighted by Crippen LogP contribution is -2.44. The average Bonchev–Trinajstić information content (AvgIpc) is 3.09. The summed E-state index contributed by atoms with van der Waals surface area (Å²) < 4.78 is 2.17. The van der Waals surface area contributed by atoms with Crippen LogP contribution in [0.2, 0.25) is 0 Å². The van der Waals surface area contributed by atoms with E-state index in [2.05, 4.69) is 58.3 Å². The van der Waals surface area contributed by atoms with Crippen LogP contribution >= 0.6 is 0 Å². The van der Waals surface area contributed by atoms with E-state index in [1.165, 1.54) is 31.2 Å². The molecule has 1 saturated carbocycles. The van der Waals surface area contributed by atoms with Gasteiger partial charge >= 0.3 is 0 Å². The van der Waals surface area contributed by atoms with E-state index in [9.17, 15) is 0 Å². The molecule has 1 heterocycles. The summed E-state index contributed by atoms with van der Waals surface area (Å²) in [7, 11) is 0. The van der Waals surface area contributed by atoms with Gasteiger partial charge in [-0.2, -0.15) is 0 Å². The predicted octanol–water partition coefficient (Wildman–Crippen LogP) is 3.57. The second kappa shape index (κ2) is 9.41. The van der Waals surface area contributed by atoms with E-state index in [1.807, 2.05) is 18.5 Å². The van der Waals surface area contributed by atoms with Crippen molar-refractivity contribution >= 4 is 5.96 Å². The zero-order valence-corrected chi connectivity index (χ0v) is 16.0. The van der Waals surface area contributed by atoms with Gasteiger partial charge in [-0.3, -0.25) is 0 Å². The first kappa shape index (κ1) is 18.5. The second-order valence-corrected chi connectivity index (χ2v) is 7.25. The zero-order chi connectivity index (χ0) is 18.2. The molecule has 2 aromatic rings. The monoisotopic (exact) mass is 353 g/mol. The van der Waals surface area contributed by atoms with Crippen LogP contribution in [0.3, 0.4) is 0 Å². The van der Waals surface area contributed by atoms with Gasteiger partial charge in [0, 0.05) is 31.5 Å². The quantitative estimate of drug-likeness (QED) is 0.617.